The molecule has 1 N–H and O–H groups in total. The Balaban J connectivity index is 1.76. The van der Waals surface area contributed by atoms with Crippen LogP contribution in [0.25, 0.3) is 0 Å². The summed E-state index contributed by atoms with van der Waals surface area (Å²) in [6.07, 6.45) is 13.9. The van der Waals surface area contributed by atoms with E-state index >= 15 is 0 Å². The molecule has 0 unspecified atom stereocenters. The lowest BCUT2D eigenvalue weighted by Crippen LogP contribution is -2.25. The molecule has 17 heavy (non-hydrogen) atoms. The molecule has 0 aromatic rings. The van der Waals surface area contributed by atoms with Crippen molar-refractivity contribution in [2.75, 3.05) is 6.54 Å². The Morgan fingerprint density at radius 3 is 2.41 bits per heavy atom. The molecule has 0 spiro atoms. The van der Waals surface area contributed by atoms with Crippen molar-refractivity contribution in [1.29, 1.82) is 0 Å². The first-order valence-electron chi connectivity index (χ1n) is 7.20. The van der Waals surface area contributed by atoms with Crippen molar-refractivity contribution >= 4 is 5.91 Å². The van der Waals surface area contributed by atoms with E-state index in [1.54, 1.807) is 0 Å². The second-order valence-corrected chi connectivity index (χ2v) is 5.20. The average Bonchev–Trinajstić information content (AvgIpc) is 3.14. The Kier molecular flexibility index (Phi) is 7.78. The van der Waals surface area contributed by atoms with Crippen LogP contribution in [0.1, 0.15) is 64.2 Å². The predicted octanol–water partition coefficient (Wildman–Crippen LogP) is 3.82. The third-order valence-electron chi connectivity index (χ3n) is 3.35. The van der Waals surface area contributed by atoms with Crippen LogP contribution in [0, 0.1) is 5.92 Å². The molecule has 1 aliphatic rings. The van der Waals surface area contributed by atoms with Crippen LogP contribution < -0.4 is 5.32 Å². The number of carbonyl (C=O) groups is 1. The molecule has 0 heterocycles. The highest BCUT2D eigenvalue weighted by Crippen LogP contribution is 2.27. The summed E-state index contributed by atoms with van der Waals surface area (Å²) >= 11 is 0. The smallest absolute Gasteiger partial charge is 0.220 e. The molecule has 0 saturated heterocycles. The highest BCUT2D eigenvalue weighted by atomic mass is 16.1. The first kappa shape index (κ1) is 14.3. The summed E-state index contributed by atoms with van der Waals surface area (Å²) in [7, 11) is 0. The lowest BCUT2D eigenvalue weighted by Gasteiger charge is -2.04. The van der Waals surface area contributed by atoms with Gasteiger partial charge in [0.05, 0.1) is 0 Å². The van der Waals surface area contributed by atoms with Gasteiger partial charge in [0.15, 0.2) is 0 Å². The molecule has 1 fully saturated rings. The van der Waals surface area contributed by atoms with Crippen LogP contribution in [0.2, 0.25) is 0 Å². The summed E-state index contributed by atoms with van der Waals surface area (Å²) in [5, 5.41) is 3.01. The van der Waals surface area contributed by atoms with Gasteiger partial charge in [-0.1, -0.05) is 31.8 Å². The molecule has 0 aromatic heterocycles. The summed E-state index contributed by atoms with van der Waals surface area (Å²) in [6, 6.07) is 0. The molecule has 2 heteroatoms. The second-order valence-electron chi connectivity index (χ2n) is 5.20. The minimum absolute atomic E-state index is 0.253. The normalized spacial score (nSPS) is 14.6. The SMILES string of the molecule is C=CCCCCCCCCC(=O)NCC1CC1. The number of hydrogen-bond acceptors (Lipinski definition) is 1. The van der Waals surface area contributed by atoms with Gasteiger partial charge in [0.2, 0.25) is 5.91 Å². The van der Waals surface area contributed by atoms with Crippen LogP contribution >= 0.6 is 0 Å². The van der Waals surface area contributed by atoms with Crippen molar-refractivity contribution in [2.45, 2.75) is 64.2 Å². The molecule has 0 aliphatic heterocycles. The fraction of sp³-hybridized carbons (Fsp3) is 0.800. The third kappa shape index (κ3) is 8.96. The van der Waals surface area contributed by atoms with Crippen LogP contribution in [-0.4, -0.2) is 12.5 Å². The summed E-state index contributed by atoms with van der Waals surface area (Å²) in [5.41, 5.74) is 0. The van der Waals surface area contributed by atoms with Crippen LogP contribution in [0.15, 0.2) is 12.7 Å². The summed E-state index contributed by atoms with van der Waals surface area (Å²) in [4.78, 5) is 11.4. The van der Waals surface area contributed by atoms with E-state index in [-0.39, 0.29) is 5.91 Å². The van der Waals surface area contributed by atoms with Gasteiger partial charge in [-0.25, -0.2) is 0 Å². The standard InChI is InChI=1S/C15H27NO/c1-2-3-4-5-6-7-8-9-10-15(17)16-13-14-11-12-14/h2,14H,1,3-13H2,(H,16,17). The third-order valence-corrected chi connectivity index (χ3v) is 3.35. The topological polar surface area (TPSA) is 29.1 Å². The molecule has 0 atom stereocenters. The van der Waals surface area contributed by atoms with Gasteiger partial charge in [-0.05, 0) is 38.0 Å². The van der Waals surface area contributed by atoms with E-state index < -0.39 is 0 Å². The van der Waals surface area contributed by atoms with Crippen molar-refractivity contribution in [1.82, 2.24) is 5.32 Å². The van der Waals surface area contributed by atoms with Gasteiger partial charge >= 0.3 is 0 Å². The highest BCUT2D eigenvalue weighted by molar-refractivity contribution is 5.75. The quantitative estimate of drug-likeness (QED) is 0.429. The Bertz CT molecular complexity index is 221. The van der Waals surface area contributed by atoms with E-state index in [2.05, 4.69) is 11.9 Å². The molecule has 0 bridgehead atoms. The van der Waals surface area contributed by atoms with Gasteiger partial charge in [0, 0.05) is 13.0 Å². The Hall–Kier alpha value is -0.790. The van der Waals surface area contributed by atoms with Crippen molar-refractivity contribution in [3.05, 3.63) is 12.7 Å². The summed E-state index contributed by atoms with van der Waals surface area (Å²) < 4.78 is 0. The molecule has 1 aliphatic carbocycles. The molecular formula is C15H27NO. The van der Waals surface area contributed by atoms with E-state index in [9.17, 15) is 4.79 Å². The zero-order valence-corrected chi connectivity index (χ0v) is 11.0. The minimum atomic E-state index is 0.253. The number of carbonyl (C=O) groups excluding carboxylic acids is 1. The Morgan fingerprint density at radius 2 is 1.76 bits per heavy atom. The molecule has 0 aromatic carbocycles. The number of rotatable bonds is 11. The summed E-state index contributed by atoms with van der Waals surface area (Å²) in [6.45, 7) is 4.63. The number of amides is 1. The molecule has 1 amide bonds. The molecule has 1 saturated carbocycles. The molecule has 98 valence electrons. The van der Waals surface area contributed by atoms with Gasteiger partial charge in [-0.3, -0.25) is 4.79 Å². The van der Waals surface area contributed by atoms with Gasteiger partial charge in [0.1, 0.15) is 0 Å². The predicted molar refractivity (Wildman–Crippen MR) is 72.9 cm³/mol. The number of nitrogens with one attached hydrogen (secondary N) is 1. The van der Waals surface area contributed by atoms with Gasteiger partial charge < -0.3 is 5.32 Å². The Morgan fingerprint density at radius 1 is 1.12 bits per heavy atom. The molecule has 1 rings (SSSR count). The molecular weight excluding hydrogens is 210 g/mol. The van der Waals surface area contributed by atoms with Crippen molar-refractivity contribution in [2.24, 2.45) is 5.92 Å². The number of allylic oxidation sites excluding steroid dienone is 1. The fourth-order valence-corrected chi connectivity index (χ4v) is 1.95. The largest absolute Gasteiger partial charge is 0.356 e. The van der Waals surface area contributed by atoms with Crippen molar-refractivity contribution < 1.29 is 4.79 Å². The fourth-order valence-electron chi connectivity index (χ4n) is 1.95. The van der Waals surface area contributed by atoms with Crippen molar-refractivity contribution in [3.8, 4) is 0 Å². The lowest BCUT2D eigenvalue weighted by molar-refractivity contribution is -0.121. The van der Waals surface area contributed by atoms with Crippen LogP contribution in [0.3, 0.4) is 0 Å². The maximum Gasteiger partial charge on any atom is 0.220 e. The second kappa shape index (κ2) is 9.26. The number of hydrogen-bond donors (Lipinski definition) is 1. The minimum Gasteiger partial charge on any atom is -0.356 e. The van der Waals surface area contributed by atoms with E-state index in [4.69, 9.17) is 0 Å². The van der Waals surface area contributed by atoms with E-state index in [0.717, 1.165) is 31.7 Å². The number of unbranched alkanes of at least 4 members (excludes halogenated alkanes) is 6. The van der Waals surface area contributed by atoms with Crippen LogP contribution in [0.4, 0.5) is 0 Å². The van der Waals surface area contributed by atoms with E-state index in [1.165, 1.54) is 44.9 Å². The first-order chi connectivity index (χ1) is 8.33. The van der Waals surface area contributed by atoms with Gasteiger partial charge in [0.25, 0.3) is 0 Å². The van der Waals surface area contributed by atoms with Gasteiger partial charge in [-0.2, -0.15) is 0 Å². The maximum absolute atomic E-state index is 11.4. The van der Waals surface area contributed by atoms with Crippen LogP contribution in [-0.2, 0) is 4.79 Å². The van der Waals surface area contributed by atoms with Crippen molar-refractivity contribution in [3.63, 3.8) is 0 Å². The van der Waals surface area contributed by atoms with Crippen LogP contribution in [0.5, 0.6) is 0 Å². The van der Waals surface area contributed by atoms with Gasteiger partial charge in [-0.15, -0.1) is 6.58 Å². The first-order valence-corrected chi connectivity index (χ1v) is 7.20. The highest BCUT2D eigenvalue weighted by Gasteiger charge is 2.21. The average molecular weight is 237 g/mol. The monoisotopic (exact) mass is 237 g/mol. The molecule has 2 nitrogen and oxygen atoms in total. The maximum atomic E-state index is 11.4. The Labute approximate surface area is 106 Å². The van der Waals surface area contributed by atoms with E-state index in [0.29, 0.717) is 0 Å². The van der Waals surface area contributed by atoms with E-state index in [1.807, 2.05) is 6.08 Å². The zero-order chi connectivity index (χ0) is 12.3. The summed E-state index contributed by atoms with van der Waals surface area (Å²) in [5.74, 6) is 1.05. The molecule has 0 radical (unpaired) electrons. The lowest BCUT2D eigenvalue weighted by atomic mass is 10.1. The zero-order valence-electron chi connectivity index (χ0n) is 11.0.